The molecule has 0 aromatic heterocycles. The first-order valence-corrected chi connectivity index (χ1v) is 13.8. The molecule has 4 unspecified atom stereocenters. The van der Waals surface area contributed by atoms with Crippen molar-refractivity contribution in [2.24, 2.45) is 17.8 Å². The van der Waals surface area contributed by atoms with Gasteiger partial charge in [0.1, 0.15) is 0 Å². The number of hydrazine groups is 1. The number of carbonyl (C=O) groups is 1. The van der Waals surface area contributed by atoms with Crippen molar-refractivity contribution in [1.82, 2.24) is 15.8 Å². The van der Waals surface area contributed by atoms with Crippen molar-refractivity contribution in [1.29, 1.82) is 0 Å². The number of fused-ring (bicyclic) bond motifs is 3. The molecule has 1 spiro atoms. The molecule has 0 bridgehead atoms. The quantitative estimate of drug-likeness (QED) is 0.575. The maximum atomic E-state index is 13.7. The number of amides is 1. The molecule has 1 saturated heterocycles. The zero-order valence-corrected chi connectivity index (χ0v) is 22.3. The van der Waals surface area contributed by atoms with Crippen LogP contribution >= 0.6 is 0 Å². The molecule has 2 aliphatic carbocycles. The van der Waals surface area contributed by atoms with Crippen LogP contribution in [-0.4, -0.2) is 57.2 Å². The van der Waals surface area contributed by atoms with Gasteiger partial charge in [-0.3, -0.25) is 15.6 Å². The van der Waals surface area contributed by atoms with Crippen LogP contribution in [0, 0.1) is 17.8 Å². The number of nitrogens with one attached hydrogen (secondary N) is 2. The third-order valence-corrected chi connectivity index (χ3v) is 9.22. The van der Waals surface area contributed by atoms with E-state index in [0.717, 1.165) is 25.1 Å². The first-order valence-electron chi connectivity index (χ1n) is 13.8. The minimum absolute atomic E-state index is 0.299. The SMILES string of the molecule is COCCN1C(=O)[C@@]2(C[C@H]2C2CCC3C(/C=C/c4ccc(CN(C)C)cc4)NNC3C2)c2ccccc21. The van der Waals surface area contributed by atoms with Gasteiger partial charge in [-0.2, -0.15) is 0 Å². The molecule has 3 fully saturated rings. The topological polar surface area (TPSA) is 56.8 Å². The van der Waals surface area contributed by atoms with Gasteiger partial charge in [0.05, 0.1) is 12.0 Å². The summed E-state index contributed by atoms with van der Waals surface area (Å²) in [5, 5.41) is 0. The van der Waals surface area contributed by atoms with Crippen molar-refractivity contribution in [2.75, 3.05) is 39.3 Å². The summed E-state index contributed by atoms with van der Waals surface area (Å²) in [6.45, 7) is 2.17. The summed E-state index contributed by atoms with van der Waals surface area (Å²) in [5.74, 6) is 1.93. The average Bonchev–Trinajstić information content (AvgIpc) is 3.47. The van der Waals surface area contributed by atoms with E-state index in [0.29, 0.717) is 48.9 Å². The number of hydrogen-bond donors (Lipinski definition) is 2. The lowest BCUT2D eigenvalue weighted by molar-refractivity contribution is -0.121. The zero-order valence-electron chi connectivity index (χ0n) is 22.3. The number of carbonyl (C=O) groups excluding carboxylic acids is 1. The van der Waals surface area contributed by atoms with Gasteiger partial charge in [-0.25, -0.2) is 0 Å². The van der Waals surface area contributed by atoms with Gasteiger partial charge in [-0.15, -0.1) is 0 Å². The fourth-order valence-electron chi connectivity index (χ4n) is 7.37. The predicted molar refractivity (Wildman–Crippen MR) is 148 cm³/mol. The minimum Gasteiger partial charge on any atom is -0.383 e. The van der Waals surface area contributed by atoms with E-state index in [1.807, 2.05) is 11.0 Å². The van der Waals surface area contributed by atoms with E-state index in [1.165, 1.54) is 29.5 Å². The molecule has 6 heteroatoms. The van der Waals surface area contributed by atoms with Crippen LogP contribution in [0.3, 0.4) is 0 Å². The van der Waals surface area contributed by atoms with Crippen LogP contribution in [0.5, 0.6) is 0 Å². The highest BCUT2D eigenvalue weighted by Crippen LogP contribution is 2.66. The number of ether oxygens (including phenoxy) is 1. The van der Waals surface area contributed by atoms with Crippen LogP contribution in [0.2, 0.25) is 0 Å². The molecule has 6 atom stereocenters. The Morgan fingerprint density at radius 3 is 2.70 bits per heavy atom. The Balaban J connectivity index is 1.10. The van der Waals surface area contributed by atoms with Crippen molar-refractivity contribution in [3.8, 4) is 0 Å². The summed E-state index contributed by atoms with van der Waals surface area (Å²) in [5.41, 5.74) is 11.8. The van der Waals surface area contributed by atoms with Crippen molar-refractivity contribution >= 4 is 17.7 Å². The number of nitrogens with zero attached hydrogens (tertiary/aromatic N) is 2. The summed E-state index contributed by atoms with van der Waals surface area (Å²) >= 11 is 0. The van der Waals surface area contributed by atoms with Gasteiger partial charge in [-0.05, 0) is 80.3 Å². The van der Waals surface area contributed by atoms with Crippen LogP contribution in [0.4, 0.5) is 5.69 Å². The van der Waals surface area contributed by atoms with E-state index in [-0.39, 0.29) is 5.41 Å². The number of anilines is 1. The molecule has 2 aromatic rings. The van der Waals surface area contributed by atoms with Gasteiger partial charge in [0.25, 0.3) is 0 Å². The number of methoxy groups -OCH3 is 1. The van der Waals surface area contributed by atoms with Crippen molar-refractivity contribution < 1.29 is 9.53 Å². The standard InChI is InChI=1S/C31H40N4O2/c1-34(2)20-22-10-8-21(9-11-22)12-15-27-24-14-13-23(18-28(24)33-32-27)26-19-31(26)25-6-4-5-7-29(25)35(30(31)36)16-17-37-3/h4-12,15,23-24,26-28,32-33H,13-14,16-20H2,1-3H3/b15-12+/t23?,24?,26-,27?,28?,31-/m0/s1. The van der Waals surface area contributed by atoms with E-state index in [2.05, 4.69) is 84.5 Å². The van der Waals surface area contributed by atoms with E-state index in [1.54, 1.807) is 7.11 Å². The highest BCUT2D eigenvalue weighted by atomic mass is 16.5. The maximum Gasteiger partial charge on any atom is 0.238 e. The largest absolute Gasteiger partial charge is 0.383 e. The van der Waals surface area contributed by atoms with Gasteiger partial charge in [0.15, 0.2) is 0 Å². The molecule has 2 saturated carbocycles. The summed E-state index contributed by atoms with van der Waals surface area (Å²) < 4.78 is 5.31. The number of para-hydroxylation sites is 1. The molecule has 6 rings (SSSR count). The Bertz CT molecular complexity index is 1160. The summed E-state index contributed by atoms with van der Waals surface area (Å²) in [4.78, 5) is 17.9. The molecule has 1 amide bonds. The Morgan fingerprint density at radius 2 is 1.92 bits per heavy atom. The van der Waals surface area contributed by atoms with E-state index < -0.39 is 0 Å². The summed E-state index contributed by atoms with van der Waals surface area (Å²) in [6.07, 6.45) is 9.12. The van der Waals surface area contributed by atoms with Gasteiger partial charge in [0.2, 0.25) is 5.91 Å². The molecule has 6 nitrogen and oxygen atoms in total. The molecule has 2 aliphatic heterocycles. The van der Waals surface area contributed by atoms with Crippen LogP contribution in [-0.2, 0) is 21.5 Å². The fourth-order valence-corrected chi connectivity index (χ4v) is 7.37. The van der Waals surface area contributed by atoms with Gasteiger partial charge in [-0.1, -0.05) is 54.6 Å². The second kappa shape index (κ2) is 9.99. The van der Waals surface area contributed by atoms with Gasteiger partial charge in [0, 0.05) is 38.0 Å². The minimum atomic E-state index is -0.300. The average molecular weight is 501 g/mol. The van der Waals surface area contributed by atoms with Crippen LogP contribution < -0.4 is 15.8 Å². The first kappa shape index (κ1) is 24.8. The lowest BCUT2D eigenvalue weighted by Crippen LogP contribution is -2.39. The van der Waals surface area contributed by atoms with Crippen molar-refractivity contribution in [3.63, 3.8) is 0 Å². The van der Waals surface area contributed by atoms with Gasteiger partial charge >= 0.3 is 0 Å². The summed E-state index contributed by atoms with van der Waals surface area (Å²) in [7, 11) is 5.90. The summed E-state index contributed by atoms with van der Waals surface area (Å²) in [6, 6.07) is 18.1. The first-order chi connectivity index (χ1) is 18.0. The normalized spacial score (nSPS) is 32.5. The smallest absolute Gasteiger partial charge is 0.238 e. The highest BCUT2D eigenvalue weighted by Gasteiger charge is 2.68. The second-order valence-corrected chi connectivity index (χ2v) is 11.7. The lowest BCUT2D eigenvalue weighted by Gasteiger charge is -2.33. The molecule has 37 heavy (non-hydrogen) atoms. The van der Waals surface area contributed by atoms with E-state index in [9.17, 15) is 4.79 Å². The molecule has 4 aliphatic rings. The number of hydrogen-bond acceptors (Lipinski definition) is 5. The number of benzene rings is 2. The molecule has 2 aromatic carbocycles. The third-order valence-electron chi connectivity index (χ3n) is 9.22. The molecule has 196 valence electrons. The van der Waals surface area contributed by atoms with Crippen LogP contribution in [0.25, 0.3) is 6.08 Å². The Labute approximate surface area is 221 Å². The molecule has 0 radical (unpaired) electrons. The van der Waals surface area contributed by atoms with E-state index in [4.69, 9.17) is 4.74 Å². The van der Waals surface area contributed by atoms with Crippen LogP contribution in [0.1, 0.15) is 42.4 Å². The fraction of sp³-hybridized carbons (Fsp3) is 0.516. The van der Waals surface area contributed by atoms with Crippen molar-refractivity contribution in [3.05, 3.63) is 71.3 Å². The molecular weight excluding hydrogens is 460 g/mol. The Morgan fingerprint density at radius 1 is 1.11 bits per heavy atom. The van der Waals surface area contributed by atoms with Gasteiger partial charge < -0.3 is 14.5 Å². The number of rotatable bonds is 8. The zero-order chi connectivity index (χ0) is 25.6. The highest BCUT2D eigenvalue weighted by molar-refractivity contribution is 6.10. The second-order valence-electron chi connectivity index (χ2n) is 11.7. The lowest BCUT2D eigenvalue weighted by atomic mass is 9.73. The molecule has 2 heterocycles. The Kier molecular flexibility index (Phi) is 6.70. The van der Waals surface area contributed by atoms with Crippen LogP contribution in [0.15, 0.2) is 54.6 Å². The third kappa shape index (κ3) is 4.44. The Hall–Kier alpha value is -2.51. The molecule has 2 N–H and O–H groups in total. The predicted octanol–water partition coefficient (Wildman–Crippen LogP) is 3.97. The molecular formula is C31H40N4O2. The van der Waals surface area contributed by atoms with E-state index >= 15 is 0 Å². The maximum absolute atomic E-state index is 13.7. The van der Waals surface area contributed by atoms with Crippen molar-refractivity contribution in [2.45, 2.75) is 49.7 Å². The monoisotopic (exact) mass is 500 g/mol.